The molecule has 0 aliphatic carbocycles. The summed E-state index contributed by atoms with van der Waals surface area (Å²) in [4.78, 5) is 0. The maximum absolute atomic E-state index is 8.58. The van der Waals surface area contributed by atoms with Crippen molar-refractivity contribution in [3.8, 4) is 11.5 Å². The van der Waals surface area contributed by atoms with Crippen LogP contribution in [0.1, 0.15) is 11.1 Å². The van der Waals surface area contributed by atoms with Gasteiger partial charge in [-0.05, 0) is 24.6 Å². The van der Waals surface area contributed by atoms with E-state index >= 15 is 0 Å². The molecule has 0 radical (unpaired) electrons. The number of hydroxylamine groups is 1. The minimum atomic E-state index is 0.368. The summed E-state index contributed by atoms with van der Waals surface area (Å²) in [5, 5.41) is 8.58. The lowest BCUT2D eigenvalue weighted by Crippen LogP contribution is -2.07. The molecular weight excluding hydrogens is 182 g/mol. The molecule has 4 nitrogen and oxygen atoms in total. The Kier molecular flexibility index (Phi) is 3.73. The van der Waals surface area contributed by atoms with Crippen molar-refractivity contribution in [1.82, 2.24) is 5.48 Å². The van der Waals surface area contributed by atoms with Crippen molar-refractivity contribution in [3.63, 3.8) is 0 Å². The van der Waals surface area contributed by atoms with Gasteiger partial charge in [-0.2, -0.15) is 0 Å². The Morgan fingerprint density at radius 2 is 1.71 bits per heavy atom. The molecular formula is C10H15NO3. The fourth-order valence-corrected chi connectivity index (χ4v) is 1.33. The van der Waals surface area contributed by atoms with Crippen LogP contribution in [0, 0.1) is 6.92 Å². The van der Waals surface area contributed by atoms with Crippen molar-refractivity contribution >= 4 is 0 Å². The third-order valence-electron chi connectivity index (χ3n) is 2.10. The summed E-state index contributed by atoms with van der Waals surface area (Å²) in [6.07, 6.45) is 0. The van der Waals surface area contributed by atoms with Gasteiger partial charge < -0.3 is 14.7 Å². The zero-order chi connectivity index (χ0) is 10.6. The third-order valence-corrected chi connectivity index (χ3v) is 2.10. The summed E-state index contributed by atoms with van der Waals surface area (Å²) >= 11 is 0. The lowest BCUT2D eigenvalue weighted by atomic mass is 10.1. The molecule has 0 heterocycles. The smallest absolute Gasteiger partial charge is 0.125 e. The van der Waals surface area contributed by atoms with Gasteiger partial charge in [0, 0.05) is 12.1 Å². The van der Waals surface area contributed by atoms with Crippen molar-refractivity contribution in [2.45, 2.75) is 13.5 Å². The van der Waals surface area contributed by atoms with Gasteiger partial charge in [-0.3, -0.25) is 0 Å². The van der Waals surface area contributed by atoms with Crippen molar-refractivity contribution in [1.29, 1.82) is 0 Å². The van der Waals surface area contributed by atoms with Crippen molar-refractivity contribution in [2.24, 2.45) is 0 Å². The first kappa shape index (κ1) is 10.8. The van der Waals surface area contributed by atoms with Crippen LogP contribution in [0.15, 0.2) is 12.1 Å². The number of hydrogen-bond donors (Lipinski definition) is 2. The Morgan fingerprint density at radius 1 is 1.21 bits per heavy atom. The molecule has 14 heavy (non-hydrogen) atoms. The zero-order valence-electron chi connectivity index (χ0n) is 8.63. The van der Waals surface area contributed by atoms with Gasteiger partial charge in [0.25, 0.3) is 0 Å². The van der Waals surface area contributed by atoms with E-state index in [1.165, 1.54) is 0 Å². The van der Waals surface area contributed by atoms with E-state index in [9.17, 15) is 0 Å². The standard InChI is InChI=1S/C10H15NO3/c1-7-9(13-2)4-8(6-11-12)5-10(7)14-3/h4-5,11-12H,6H2,1-3H3. The average Bonchev–Trinajstić information content (AvgIpc) is 2.20. The molecule has 2 N–H and O–H groups in total. The highest BCUT2D eigenvalue weighted by atomic mass is 16.5. The summed E-state index contributed by atoms with van der Waals surface area (Å²) in [5.74, 6) is 1.52. The molecule has 0 amide bonds. The average molecular weight is 197 g/mol. The van der Waals surface area contributed by atoms with E-state index < -0.39 is 0 Å². The fourth-order valence-electron chi connectivity index (χ4n) is 1.33. The normalized spacial score (nSPS) is 10.0. The molecule has 0 unspecified atom stereocenters. The lowest BCUT2D eigenvalue weighted by molar-refractivity contribution is 0.161. The molecule has 0 aromatic heterocycles. The van der Waals surface area contributed by atoms with Crippen molar-refractivity contribution in [2.75, 3.05) is 14.2 Å². The largest absolute Gasteiger partial charge is 0.496 e. The molecule has 0 aliphatic heterocycles. The van der Waals surface area contributed by atoms with Crippen LogP contribution in [0.25, 0.3) is 0 Å². The van der Waals surface area contributed by atoms with E-state index in [-0.39, 0.29) is 0 Å². The number of nitrogens with one attached hydrogen (secondary N) is 1. The summed E-state index contributed by atoms with van der Waals surface area (Å²) in [6.45, 7) is 2.29. The molecule has 1 rings (SSSR count). The highest BCUT2D eigenvalue weighted by molar-refractivity contribution is 5.47. The second-order valence-electron chi connectivity index (χ2n) is 2.96. The maximum Gasteiger partial charge on any atom is 0.125 e. The van der Waals surface area contributed by atoms with E-state index in [4.69, 9.17) is 14.7 Å². The Balaban J connectivity index is 3.11. The molecule has 0 spiro atoms. The van der Waals surface area contributed by atoms with Gasteiger partial charge in [0.15, 0.2) is 0 Å². The SMILES string of the molecule is COc1cc(CNO)cc(OC)c1C. The van der Waals surface area contributed by atoms with Gasteiger partial charge in [0.05, 0.1) is 14.2 Å². The maximum atomic E-state index is 8.58. The first-order valence-corrected chi connectivity index (χ1v) is 4.31. The molecule has 4 heteroatoms. The second kappa shape index (κ2) is 4.83. The molecule has 78 valence electrons. The minimum Gasteiger partial charge on any atom is -0.496 e. The van der Waals surface area contributed by atoms with E-state index in [1.54, 1.807) is 14.2 Å². The first-order valence-electron chi connectivity index (χ1n) is 4.31. The van der Waals surface area contributed by atoms with Gasteiger partial charge >= 0.3 is 0 Å². The quantitative estimate of drug-likeness (QED) is 0.718. The van der Waals surface area contributed by atoms with Crippen LogP contribution in [0.2, 0.25) is 0 Å². The van der Waals surface area contributed by atoms with Crippen LogP contribution < -0.4 is 15.0 Å². The van der Waals surface area contributed by atoms with E-state index in [0.29, 0.717) is 6.54 Å². The number of ether oxygens (including phenoxy) is 2. The Hall–Kier alpha value is -1.26. The molecule has 1 aromatic rings. The molecule has 0 aliphatic rings. The van der Waals surface area contributed by atoms with Crippen molar-refractivity contribution in [3.05, 3.63) is 23.3 Å². The molecule has 0 fully saturated rings. The summed E-state index contributed by atoms with van der Waals surface area (Å²) in [7, 11) is 3.22. The summed E-state index contributed by atoms with van der Waals surface area (Å²) in [6, 6.07) is 3.72. The summed E-state index contributed by atoms with van der Waals surface area (Å²) in [5.41, 5.74) is 3.96. The monoisotopic (exact) mass is 197 g/mol. The van der Waals surface area contributed by atoms with E-state index in [0.717, 1.165) is 22.6 Å². The van der Waals surface area contributed by atoms with Gasteiger partial charge in [-0.25, -0.2) is 5.48 Å². The topological polar surface area (TPSA) is 50.7 Å². The molecule has 0 atom stereocenters. The Bertz CT molecular complexity index is 287. The minimum absolute atomic E-state index is 0.368. The van der Waals surface area contributed by atoms with E-state index in [1.807, 2.05) is 19.1 Å². The van der Waals surface area contributed by atoms with Gasteiger partial charge in [0.1, 0.15) is 11.5 Å². The highest BCUT2D eigenvalue weighted by Gasteiger charge is 2.07. The Labute approximate surface area is 83.4 Å². The van der Waals surface area contributed by atoms with Gasteiger partial charge in [-0.1, -0.05) is 0 Å². The highest BCUT2D eigenvalue weighted by Crippen LogP contribution is 2.29. The molecule has 1 aromatic carbocycles. The molecule has 0 bridgehead atoms. The number of benzene rings is 1. The van der Waals surface area contributed by atoms with E-state index in [2.05, 4.69) is 5.48 Å². The first-order chi connectivity index (χ1) is 6.72. The van der Waals surface area contributed by atoms with Gasteiger partial charge in [-0.15, -0.1) is 0 Å². The predicted octanol–water partition coefficient (Wildman–Crippen LogP) is 1.49. The van der Waals surface area contributed by atoms with Crippen molar-refractivity contribution < 1.29 is 14.7 Å². The summed E-state index contributed by atoms with van der Waals surface area (Å²) < 4.78 is 10.4. The third kappa shape index (κ3) is 2.16. The second-order valence-corrected chi connectivity index (χ2v) is 2.96. The van der Waals surface area contributed by atoms with Crippen LogP contribution >= 0.6 is 0 Å². The number of methoxy groups -OCH3 is 2. The van der Waals surface area contributed by atoms with Crippen LogP contribution in [-0.4, -0.2) is 19.4 Å². The number of hydrogen-bond acceptors (Lipinski definition) is 4. The van der Waals surface area contributed by atoms with Crippen LogP contribution in [0.5, 0.6) is 11.5 Å². The Morgan fingerprint density at radius 3 is 2.07 bits per heavy atom. The van der Waals surface area contributed by atoms with Crippen LogP contribution in [0.3, 0.4) is 0 Å². The van der Waals surface area contributed by atoms with Crippen LogP contribution in [-0.2, 0) is 6.54 Å². The number of rotatable bonds is 4. The predicted molar refractivity (Wildman–Crippen MR) is 52.9 cm³/mol. The lowest BCUT2D eigenvalue weighted by Gasteiger charge is -2.11. The fraction of sp³-hybridized carbons (Fsp3) is 0.400. The molecule has 0 saturated carbocycles. The zero-order valence-corrected chi connectivity index (χ0v) is 8.63. The van der Waals surface area contributed by atoms with Gasteiger partial charge in [0.2, 0.25) is 0 Å². The van der Waals surface area contributed by atoms with Crippen LogP contribution in [0.4, 0.5) is 0 Å². The molecule has 0 saturated heterocycles.